The number of nitrogens with one attached hydrogen (secondary N) is 1. The predicted molar refractivity (Wildman–Crippen MR) is 83.7 cm³/mol. The maximum atomic E-state index is 12.7. The van der Waals surface area contributed by atoms with E-state index in [1.807, 2.05) is 45.2 Å². The number of H-pyrrole nitrogens is 1. The van der Waals surface area contributed by atoms with Gasteiger partial charge in [-0.2, -0.15) is 5.10 Å². The van der Waals surface area contributed by atoms with E-state index < -0.39 is 0 Å². The predicted octanol–water partition coefficient (Wildman–Crippen LogP) is 2.24. The molecule has 1 atom stereocenters. The molecule has 1 aromatic heterocycles. The van der Waals surface area contributed by atoms with E-state index in [4.69, 9.17) is 4.74 Å². The third-order valence-electron chi connectivity index (χ3n) is 4.28. The summed E-state index contributed by atoms with van der Waals surface area (Å²) < 4.78 is 5.72. The second kappa shape index (κ2) is 5.83. The van der Waals surface area contributed by atoms with Crippen molar-refractivity contribution < 1.29 is 9.53 Å². The Kier molecular flexibility index (Phi) is 3.88. The molecule has 0 saturated carbocycles. The first kappa shape index (κ1) is 14.6. The number of aryl methyl sites for hydroxylation is 2. The molecule has 1 aliphatic heterocycles. The number of benzene rings is 1. The Morgan fingerprint density at radius 3 is 2.91 bits per heavy atom. The van der Waals surface area contributed by atoms with Gasteiger partial charge in [-0.3, -0.25) is 9.89 Å². The van der Waals surface area contributed by atoms with E-state index in [1.165, 1.54) is 0 Å². The fourth-order valence-corrected chi connectivity index (χ4v) is 2.92. The average molecular weight is 299 g/mol. The Balaban J connectivity index is 1.69. The van der Waals surface area contributed by atoms with Gasteiger partial charge in [-0.1, -0.05) is 18.2 Å². The number of hydrogen-bond acceptors (Lipinski definition) is 3. The zero-order chi connectivity index (χ0) is 15.7. The number of rotatable bonds is 3. The lowest BCUT2D eigenvalue weighted by Crippen LogP contribution is -2.38. The summed E-state index contributed by atoms with van der Waals surface area (Å²) >= 11 is 0. The van der Waals surface area contributed by atoms with Crippen molar-refractivity contribution in [3.05, 3.63) is 46.8 Å². The number of aromatic amines is 1. The highest BCUT2D eigenvalue weighted by Crippen LogP contribution is 2.28. The van der Waals surface area contributed by atoms with Crippen LogP contribution in [0.1, 0.15) is 22.5 Å². The van der Waals surface area contributed by atoms with Gasteiger partial charge in [-0.05, 0) is 31.9 Å². The van der Waals surface area contributed by atoms with Crippen LogP contribution >= 0.6 is 0 Å². The van der Waals surface area contributed by atoms with Crippen LogP contribution in [-0.4, -0.2) is 34.7 Å². The standard InChI is InChI=1S/C17H21N3O2/c1-11-15(12(2)19-18-11)9-20(3)17(21)14-8-13-6-4-5-7-16(13)22-10-14/h4-7,14H,8-10H2,1-3H3,(H,18,19). The number of aromatic nitrogens is 2. The molecule has 1 amide bonds. The summed E-state index contributed by atoms with van der Waals surface area (Å²) in [6, 6.07) is 7.92. The second-order valence-electron chi connectivity index (χ2n) is 5.93. The summed E-state index contributed by atoms with van der Waals surface area (Å²) in [5, 5.41) is 7.14. The van der Waals surface area contributed by atoms with Crippen molar-refractivity contribution >= 4 is 5.91 Å². The van der Waals surface area contributed by atoms with Gasteiger partial charge in [0.2, 0.25) is 5.91 Å². The molecule has 0 radical (unpaired) electrons. The maximum Gasteiger partial charge on any atom is 0.229 e. The average Bonchev–Trinajstić information content (AvgIpc) is 2.85. The Morgan fingerprint density at radius 2 is 2.18 bits per heavy atom. The van der Waals surface area contributed by atoms with Gasteiger partial charge in [-0.15, -0.1) is 0 Å². The molecule has 5 heteroatoms. The fourth-order valence-electron chi connectivity index (χ4n) is 2.92. The van der Waals surface area contributed by atoms with Crippen LogP contribution in [0.25, 0.3) is 0 Å². The summed E-state index contributed by atoms with van der Waals surface area (Å²) in [5.41, 5.74) is 4.16. The minimum absolute atomic E-state index is 0.118. The van der Waals surface area contributed by atoms with E-state index in [9.17, 15) is 4.79 Å². The normalized spacial score (nSPS) is 16.8. The topological polar surface area (TPSA) is 58.2 Å². The van der Waals surface area contributed by atoms with Crippen LogP contribution in [-0.2, 0) is 17.8 Å². The lowest BCUT2D eigenvalue weighted by Gasteiger charge is -2.28. The minimum Gasteiger partial charge on any atom is -0.492 e. The molecule has 1 aromatic carbocycles. The lowest BCUT2D eigenvalue weighted by atomic mass is 9.95. The van der Waals surface area contributed by atoms with Gasteiger partial charge in [-0.25, -0.2) is 0 Å². The molecule has 116 valence electrons. The zero-order valence-corrected chi connectivity index (χ0v) is 13.2. The molecule has 5 nitrogen and oxygen atoms in total. The summed E-state index contributed by atoms with van der Waals surface area (Å²) in [7, 11) is 1.84. The van der Waals surface area contributed by atoms with Crippen molar-refractivity contribution in [2.75, 3.05) is 13.7 Å². The van der Waals surface area contributed by atoms with Crippen molar-refractivity contribution in [1.29, 1.82) is 0 Å². The Bertz CT molecular complexity index is 673. The molecule has 2 aromatic rings. The fraction of sp³-hybridized carbons (Fsp3) is 0.412. The Hall–Kier alpha value is -2.30. The van der Waals surface area contributed by atoms with E-state index >= 15 is 0 Å². The van der Waals surface area contributed by atoms with Crippen LogP contribution in [0.2, 0.25) is 0 Å². The SMILES string of the molecule is Cc1n[nH]c(C)c1CN(C)C(=O)C1COc2ccccc2C1. The number of amides is 1. The first-order valence-corrected chi connectivity index (χ1v) is 7.52. The number of ether oxygens (including phenoxy) is 1. The van der Waals surface area contributed by atoms with Crippen LogP contribution in [0, 0.1) is 19.8 Å². The summed E-state index contributed by atoms with van der Waals surface area (Å²) in [4.78, 5) is 14.4. The number of carbonyl (C=O) groups is 1. The first-order valence-electron chi connectivity index (χ1n) is 7.52. The monoisotopic (exact) mass is 299 g/mol. The van der Waals surface area contributed by atoms with E-state index in [1.54, 1.807) is 4.90 Å². The van der Waals surface area contributed by atoms with Crippen LogP contribution in [0.5, 0.6) is 5.75 Å². The first-order chi connectivity index (χ1) is 10.6. The third-order valence-corrected chi connectivity index (χ3v) is 4.28. The molecule has 2 heterocycles. The van der Waals surface area contributed by atoms with E-state index in [0.29, 0.717) is 13.2 Å². The van der Waals surface area contributed by atoms with Gasteiger partial charge in [0.15, 0.2) is 0 Å². The van der Waals surface area contributed by atoms with Gasteiger partial charge in [0, 0.05) is 24.8 Å². The molecule has 1 aliphatic rings. The van der Waals surface area contributed by atoms with Crippen LogP contribution < -0.4 is 4.74 Å². The molecule has 0 bridgehead atoms. The highest BCUT2D eigenvalue weighted by molar-refractivity contribution is 5.79. The van der Waals surface area contributed by atoms with E-state index in [2.05, 4.69) is 10.2 Å². The second-order valence-corrected chi connectivity index (χ2v) is 5.93. The van der Waals surface area contributed by atoms with E-state index in [0.717, 1.165) is 34.7 Å². The maximum absolute atomic E-state index is 12.7. The molecule has 3 rings (SSSR count). The summed E-state index contributed by atoms with van der Waals surface area (Å²) in [6.45, 7) is 4.96. The molecular weight excluding hydrogens is 278 g/mol. The van der Waals surface area contributed by atoms with Gasteiger partial charge >= 0.3 is 0 Å². The van der Waals surface area contributed by atoms with Crippen molar-refractivity contribution in [2.45, 2.75) is 26.8 Å². The number of hydrogen-bond donors (Lipinski definition) is 1. The largest absolute Gasteiger partial charge is 0.492 e. The zero-order valence-electron chi connectivity index (χ0n) is 13.2. The summed E-state index contributed by atoms with van der Waals surface area (Å²) in [6.07, 6.45) is 0.739. The lowest BCUT2D eigenvalue weighted by molar-refractivity contribution is -0.136. The number of fused-ring (bicyclic) bond motifs is 1. The van der Waals surface area contributed by atoms with Crippen molar-refractivity contribution in [3.8, 4) is 5.75 Å². The molecule has 22 heavy (non-hydrogen) atoms. The molecule has 0 saturated heterocycles. The third kappa shape index (κ3) is 2.71. The highest BCUT2D eigenvalue weighted by Gasteiger charge is 2.28. The van der Waals surface area contributed by atoms with Crippen LogP contribution in [0.15, 0.2) is 24.3 Å². The number of carbonyl (C=O) groups excluding carboxylic acids is 1. The Morgan fingerprint density at radius 1 is 1.41 bits per heavy atom. The van der Waals surface area contributed by atoms with Crippen molar-refractivity contribution in [2.24, 2.45) is 5.92 Å². The van der Waals surface area contributed by atoms with Crippen molar-refractivity contribution in [1.82, 2.24) is 15.1 Å². The number of para-hydroxylation sites is 1. The molecule has 0 spiro atoms. The smallest absolute Gasteiger partial charge is 0.229 e. The van der Waals surface area contributed by atoms with Crippen molar-refractivity contribution in [3.63, 3.8) is 0 Å². The molecule has 1 N–H and O–H groups in total. The minimum atomic E-state index is -0.118. The Labute approximate surface area is 130 Å². The van der Waals surface area contributed by atoms with Gasteiger partial charge in [0.05, 0.1) is 11.6 Å². The van der Waals surface area contributed by atoms with E-state index in [-0.39, 0.29) is 11.8 Å². The van der Waals surface area contributed by atoms with Gasteiger partial charge in [0.1, 0.15) is 12.4 Å². The van der Waals surface area contributed by atoms with Crippen LogP contribution in [0.3, 0.4) is 0 Å². The quantitative estimate of drug-likeness (QED) is 0.945. The summed E-state index contributed by atoms with van der Waals surface area (Å²) in [5.74, 6) is 0.901. The van der Waals surface area contributed by atoms with Gasteiger partial charge in [0.25, 0.3) is 0 Å². The van der Waals surface area contributed by atoms with Gasteiger partial charge < -0.3 is 9.64 Å². The molecule has 0 aliphatic carbocycles. The van der Waals surface area contributed by atoms with Crippen LogP contribution in [0.4, 0.5) is 0 Å². The molecule has 1 unspecified atom stereocenters. The highest BCUT2D eigenvalue weighted by atomic mass is 16.5. The molecular formula is C17H21N3O2. The number of nitrogens with zero attached hydrogens (tertiary/aromatic N) is 2. The molecule has 0 fully saturated rings.